The van der Waals surface area contributed by atoms with Gasteiger partial charge in [-0.05, 0) is 157 Å². The quantitative estimate of drug-likeness (QED) is 0.0160. The number of carbonyl (C=O) groups excluding carboxylic acids is 10. The van der Waals surface area contributed by atoms with Gasteiger partial charge in [-0.15, -0.1) is 0 Å². The summed E-state index contributed by atoms with van der Waals surface area (Å²) in [5.41, 5.74) is 43.2. The Morgan fingerprint density at radius 2 is 0.764 bits per heavy atom. The standard InChI is InChI=1S/C73H119N21O12/c1-10-43(8)60(94-69(103)59(37-46-39-84-51-24-14-12-22-48(46)51)93-68(102)58(35-42(6)7)92-67(101)57(34-41(4)5)91-62(96)49(76)36-45-38-83-50-23-13-11-21-47(45)50)70(104)85-44(9)61(95)90-56(33-40(2)3)66(100)88-54(27-19-31-81-72(77)78)64(98)86-52(25-15-17-29-74)63(97)87-53(26-16-18-30-75)65(99)89-55(71(105)106)28-20-32-82-73(79)80/h11-14,21-24,38-44,49,52-60,83-84H,10,15-20,25-37,74-76H2,1-9H3,(H,85,104)(H,86,98)(H,87,97)(H,88,100)(H,89,99)(H,90,95)(H,91,96)(H,92,101)(H,93,102)(H,94,103)(H,105,106)(H4,77,78,81)(H4,79,80,82)/t43-,44-,49-,52-,53-,54-,55-,56-,57-,58-,59-,60-/m0/s1. The highest BCUT2D eigenvalue weighted by atomic mass is 16.4. The second-order valence-corrected chi connectivity index (χ2v) is 28.5. The minimum absolute atomic E-state index is 0.0253. The zero-order valence-corrected chi connectivity index (χ0v) is 62.9. The first-order valence-electron chi connectivity index (χ1n) is 36.9. The number of para-hydroxylation sites is 2. The summed E-state index contributed by atoms with van der Waals surface area (Å²) in [6, 6.07) is 0.978. The van der Waals surface area contributed by atoms with Crippen LogP contribution < -0.4 is 93.3 Å². The fourth-order valence-corrected chi connectivity index (χ4v) is 12.1. The molecule has 2 aromatic carbocycles. The minimum Gasteiger partial charge on any atom is -0.480 e. The molecule has 0 aliphatic rings. The lowest BCUT2D eigenvalue weighted by Gasteiger charge is -2.30. The van der Waals surface area contributed by atoms with Crippen LogP contribution in [0.15, 0.2) is 70.9 Å². The van der Waals surface area contributed by atoms with E-state index in [-0.39, 0.29) is 126 Å². The number of nitrogens with two attached hydrogens (primary N) is 7. The lowest BCUT2D eigenvalue weighted by molar-refractivity contribution is -0.142. The van der Waals surface area contributed by atoms with Gasteiger partial charge in [0.1, 0.15) is 60.4 Å². The van der Waals surface area contributed by atoms with Crippen molar-refractivity contribution in [1.82, 2.24) is 63.1 Å². The number of carboxylic acids is 1. The molecule has 588 valence electrons. The number of H-pyrrole nitrogens is 2. The average molecular weight is 1480 g/mol. The van der Waals surface area contributed by atoms with Gasteiger partial charge in [-0.25, -0.2) is 4.79 Å². The molecule has 4 rings (SSSR count). The molecule has 0 bridgehead atoms. The fourth-order valence-electron chi connectivity index (χ4n) is 12.1. The van der Waals surface area contributed by atoms with Crippen LogP contribution in [-0.2, 0) is 65.6 Å². The van der Waals surface area contributed by atoms with Gasteiger partial charge in [0.25, 0.3) is 0 Å². The Bertz CT molecular complexity index is 3590. The molecular weight excluding hydrogens is 1360 g/mol. The van der Waals surface area contributed by atoms with E-state index in [9.17, 15) is 57.8 Å². The molecule has 4 aromatic rings. The van der Waals surface area contributed by atoms with Crippen molar-refractivity contribution in [1.29, 1.82) is 0 Å². The third-order valence-corrected chi connectivity index (χ3v) is 18.0. The highest BCUT2D eigenvalue weighted by molar-refractivity contribution is 6.00. The van der Waals surface area contributed by atoms with E-state index in [1.165, 1.54) is 6.92 Å². The number of nitrogens with one attached hydrogen (secondary N) is 12. The maximum atomic E-state index is 15.0. The number of benzene rings is 2. The molecule has 0 unspecified atom stereocenters. The Balaban J connectivity index is 1.58. The van der Waals surface area contributed by atoms with Crippen LogP contribution in [0.3, 0.4) is 0 Å². The van der Waals surface area contributed by atoms with Crippen LogP contribution in [0.5, 0.6) is 0 Å². The van der Waals surface area contributed by atoms with E-state index in [0.29, 0.717) is 37.7 Å². The monoisotopic (exact) mass is 1480 g/mol. The third kappa shape index (κ3) is 30.3. The van der Waals surface area contributed by atoms with Crippen molar-refractivity contribution in [3.8, 4) is 0 Å². The highest BCUT2D eigenvalue weighted by Crippen LogP contribution is 2.22. The van der Waals surface area contributed by atoms with Crippen molar-refractivity contribution < 1.29 is 57.8 Å². The number of rotatable bonds is 49. The van der Waals surface area contributed by atoms with Crippen molar-refractivity contribution in [3.05, 3.63) is 72.1 Å². The molecule has 0 fully saturated rings. The maximum absolute atomic E-state index is 15.0. The second kappa shape index (κ2) is 45.5. The van der Waals surface area contributed by atoms with E-state index in [4.69, 9.17) is 40.1 Å². The average Bonchev–Trinajstić information content (AvgIpc) is 1.68. The molecule has 33 nitrogen and oxygen atoms in total. The Labute approximate surface area is 620 Å². The van der Waals surface area contributed by atoms with Gasteiger partial charge in [-0.3, -0.25) is 57.9 Å². The Morgan fingerprint density at radius 1 is 0.415 bits per heavy atom. The third-order valence-electron chi connectivity index (χ3n) is 18.0. The van der Waals surface area contributed by atoms with Crippen LogP contribution in [-0.4, -0.2) is 185 Å². The summed E-state index contributed by atoms with van der Waals surface area (Å²) in [6.45, 7) is 16.7. The predicted molar refractivity (Wildman–Crippen MR) is 408 cm³/mol. The first-order chi connectivity index (χ1) is 50.3. The second-order valence-electron chi connectivity index (χ2n) is 28.5. The highest BCUT2D eigenvalue weighted by Gasteiger charge is 2.38. The summed E-state index contributed by atoms with van der Waals surface area (Å²) < 4.78 is 0. The van der Waals surface area contributed by atoms with Crippen LogP contribution in [0.1, 0.15) is 163 Å². The minimum atomic E-state index is -1.38. The van der Waals surface area contributed by atoms with Gasteiger partial charge in [-0.2, -0.15) is 0 Å². The number of aliphatic carboxylic acids is 1. The smallest absolute Gasteiger partial charge is 0.326 e. The van der Waals surface area contributed by atoms with Crippen molar-refractivity contribution in [2.75, 3.05) is 26.2 Å². The number of carbonyl (C=O) groups is 11. The number of aliphatic imine (C=N–C) groups is 2. The molecule has 0 saturated heterocycles. The van der Waals surface area contributed by atoms with E-state index in [1.54, 1.807) is 40.1 Å². The first-order valence-corrected chi connectivity index (χ1v) is 36.9. The summed E-state index contributed by atoms with van der Waals surface area (Å²) in [5, 5.41) is 39.2. The maximum Gasteiger partial charge on any atom is 0.326 e. The normalized spacial score (nSPS) is 14.8. The van der Waals surface area contributed by atoms with Crippen molar-refractivity contribution in [2.45, 2.75) is 232 Å². The summed E-state index contributed by atoms with van der Waals surface area (Å²) in [7, 11) is 0. The fraction of sp³-hybridized carbons (Fsp3) is 0.603. The Morgan fingerprint density at radius 3 is 1.17 bits per heavy atom. The zero-order chi connectivity index (χ0) is 78.7. The predicted octanol–water partition coefficient (Wildman–Crippen LogP) is 0.264. The van der Waals surface area contributed by atoms with Crippen LogP contribution in [0, 0.1) is 23.7 Å². The van der Waals surface area contributed by atoms with Gasteiger partial charge in [0.05, 0.1) is 6.04 Å². The summed E-state index contributed by atoms with van der Waals surface area (Å²) >= 11 is 0. The van der Waals surface area contributed by atoms with Crippen LogP contribution >= 0.6 is 0 Å². The van der Waals surface area contributed by atoms with Gasteiger partial charge < -0.3 is 108 Å². The number of fused-ring (bicyclic) bond motifs is 2. The molecule has 106 heavy (non-hydrogen) atoms. The number of nitrogens with zero attached hydrogens (tertiary/aromatic N) is 2. The number of aromatic nitrogens is 2. The molecule has 0 aliphatic heterocycles. The number of unbranched alkanes of at least 4 members (excludes halogenated alkanes) is 2. The molecule has 27 N–H and O–H groups in total. The van der Waals surface area contributed by atoms with E-state index in [2.05, 4.69) is 73.1 Å². The summed E-state index contributed by atoms with van der Waals surface area (Å²) in [4.78, 5) is 171. The number of aromatic amines is 2. The molecule has 2 aromatic heterocycles. The summed E-state index contributed by atoms with van der Waals surface area (Å²) in [6.07, 6.45) is 6.21. The van der Waals surface area contributed by atoms with Crippen LogP contribution in [0.25, 0.3) is 21.8 Å². The SMILES string of the molecule is CC[C@H](C)[C@H](NC(=O)[C@H](Cc1c[nH]c2ccccc12)NC(=O)[C@H](CC(C)C)NC(=O)[C@H](CC(C)C)NC(=O)[C@@H](N)Cc1c[nH]c2ccccc12)C(=O)N[C@@H](C)C(=O)N[C@@H](CC(C)C)C(=O)N[C@@H](CCCN=C(N)N)C(=O)N[C@@H](CCCCN)C(=O)N[C@@H](CCCCN)C(=O)N[C@@H](CCCN=C(N)N)C(=O)O. The van der Waals surface area contributed by atoms with E-state index in [1.807, 2.05) is 76.2 Å². The van der Waals surface area contributed by atoms with Gasteiger partial charge >= 0.3 is 5.97 Å². The van der Waals surface area contributed by atoms with E-state index < -0.39 is 137 Å². The Kier molecular flexibility index (Phi) is 38.0. The zero-order valence-electron chi connectivity index (χ0n) is 62.9. The number of hydrogen-bond acceptors (Lipinski definition) is 16. The molecule has 0 aliphatic carbocycles. The van der Waals surface area contributed by atoms with Gasteiger partial charge in [0, 0.05) is 53.7 Å². The summed E-state index contributed by atoms with van der Waals surface area (Å²) in [5.74, 6) is -10.3. The van der Waals surface area contributed by atoms with Crippen LogP contribution in [0.4, 0.5) is 0 Å². The Hall–Kier alpha value is -9.89. The molecule has 12 atom stereocenters. The van der Waals surface area contributed by atoms with Gasteiger partial charge in [-0.1, -0.05) is 98.2 Å². The number of hydrogen-bond donors (Lipinski definition) is 20. The number of guanidine groups is 2. The topological polar surface area (TPSA) is 567 Å². The lowest BCUT2D eigenvalue weighted by atomic mass is 9.96. The van der Waals surface area contributed by atoms with E-state index in [0.717, 1.165) is 27.4 Å². The largest absolute Gasteiger partial charge is 0.480 e. The molecule has 33 heteroatoms. The van der Waals surface area contributed by atoms with Crippen molar-refractivity contribution in [3.63, 3.8) is 0 Å². The lowest BCUT2D eigenvalue weighted by Crippen LogP contribution is -2.61. The molecular formula is C73H119N21O12. The van der Waals surface area contributed by atoms with E-state index >= 15 is 0 Å². The van der Waals surface area contributed by atoms with Crippen LogP contribution in [0.2, 0.25) is 0 Å². The van der Waals surface area contributed by atoms with Crippen molar-refractivity contribution in [2.24, 2.45) is 73.8 Å². The first kappa shape index (κ1) is 88.5. The molecule has 0 spiro atoms. The molecule has 2 heterocycles. The molecule has 0 radical (unpaired) electrons. The molecule has 0 saturated carbocycles. The van der Waals surface area contributed by atoms with Gasteiger partial charge in [0.2, 0.25) is 59.1 Å². The van der Waals surface area contributed by atoms with Crippen molar-refractivity contribution >= 4 is 98.8 Å². The number of amides is 10. The number of carboxylic acid groups (broad SMARTS) is 1. The molecule has 10 amide bonds. The van der Waals surface area contributed by atoms with Gasteiger partial charge in [0.15, 0.2) is 11.9 Å².